The lowest BCUT2D eigenvalue weighted by molar-refractivity contribution is -0.137. The minimum absolute atomic E-state index is 0.0119. The van der Waals surface area contributed by atoms with Crippen molar-refractivity contribution in [3.05, 3.63) is 51.1 Å². The molecule has 0 aliphatic heterocycles. The van der Waals surface area contributed by atoms with Gasteiger partial charge in [0.15, 0.2) is 0 Å². The van der Waals surface area contributed by atoms with E-state index in [9.17, 15) is 13.2 Å². The highest BCUT2D eigenvalue weighted by Gasteiger charge is 2.30. The molecule has 0 aliphatic rings. The van der Waals surface area contributed by atoms with Gasteiger partial charge in [0, 0.05) is 10.7 Å². The molecule has 0 amide bonds. The molecule has 1 aromatic heterocycles. The molecule has 0 radical (unpaired) electrons. The number of pyridine rings is 1. The van der Waals surface area contributed by atoms with Gasteiger partial charge in [-0.05, 0) is 52.7 Å². The number of rotatable bonds is 2. The molecule has 1 aromatic carbocycles. The summed E-state index contributed by atoms with van der Waals surface area (Å²) in [6.07, 6.45) is -2.80. The molecule has 0 unspecified atom stereocenters. The van der Waals surface area contributed by atoms with Gasteiger partial charge in [0.1, 0.15) is 5.82 Å². The molecule has 1 N–H and O–H groups in total. The topological polar surface area (TPSA) is 24.9 Å². The summed E-state index contributed by atoms with van der Waals surface area (Å²) < 4.78 is 38.4. The summed E-state index contributed by atoms with van der Waals surface area (Å²) >= 11 is 9.18. The van der Waals surface area contributed by atoms with Gasteiger partial charge in [-0.1, -0.05) is 11.6 Å². The van der Waals surface area contributed by atoms with Crippen molar-refractivity contribution in [2.45, 2.75) is 13.1 Å². The Balaban J connectivity index is 2.28. The van der Waals surface area contributed by atoms with Crippen LogP contribution in [0.25, 0.3) is 0 Å². The zero-order valence-electron chi connectivity index (χ0n) is 10.2. The molecule has 1 heterocycles. The number of hydrogen-bond donors (Lipinski definition) is 1. The number of alkyl halides is 3. The normalized spacial score (nSPS) is 11.5. The maximum Gasteiger partial charge on any atom is 0.416 e. The van der Waals surface area contributed by atoms with E-state index in [1.165, 1.54) is 6.07 Å². The first-order chi connectivity index (χ1) is 9.27. The van der Waals surface area contributed by atoms with Crippen molar-refractivity contribution in [2.24, 2.45) is 0 Å². The molecule has 2 rings (SSSR count). The van der Waals surface area contributed by atoms with Crippen LogP contribution in [-0.4, -0.2) is 4.98 Å². The highest BCUT2D eigenvalue weighted by molar-refractivity contribution is 9.10. The second kappa shape index (κ2) is 5.61. The van der Waals surface area contributed by atoms with E-state index in [2.05, 4.69) is 26.2 Å². The molecule has 7 heteroatoms. The summed E-state index contributed by atoms with van der Waals surface area (Å²) in [5.41, 5.74) is 0.535. The molecular formula is C13H9BrClF3N2. The van der Waals surface area contributed by atoms with E-state index in [1.54, 1.807) is 12.3 Å². The maximum absolute atomic E-state index is 12.5. The van der Waals surface area contributed by atoms with Crippen LogP contribution in [0.15, 0.2) is 34.9 Å². The standard InChI is InChI=1S/C13H9BrClF3N2/c1-7-4-12(19-6-9(7)14)20-11-3-2-8(5-10(11)15)13(16,17)18/h2-6H,1H3,(H,19,20). The molecule has 0 aliphatic carbocycles. The second-order valence-corrected chi connectivity index (χ2v) is 5.40. The number of anilines is 2. The molecule has 0 saturated carbocycles. The van der Waals surface area contributed by atoms with Crippen molar-refractivity contribution in [2.75, 3.05) is 5.32 Å². The highest BCUT2D eigenvalue weighted by atomic mass is 79.9. The van der Waals surface area contributed by atoms with Crippen molar-refractivity contribution in [1.29, 1.82) is 0 Å². The summed E-state index contributed by atoms with van der Waals surface area (Å²) in [6.45, 7) is 1.88. The molecule has 0 saturated heterocycles. The minimum atomic E-state index is -4.41. The summed E-state index contributed by atoms with van der Waals surface area (Å²) in [6, 6.07) is 4.90. The Morgan fingerprint density at radius 2 is 1.95 bits per heavy atom. The van der Waals surface area contributed by atoms with Gasteiger partial charge in [-0.3, -0.25) is 0 Å². The average molecular weight is 366 g/mol. The van der Waals surface area contributed by atoms with Crippen LogP contribution in [0.3, 0.4) is 0 Å². The van der Waals surface area contributed by atoms with Gasteiger partial charge in [-0.15, -0.1) is 0 Å². The first kappa shape index (κ1) is 15.1. The van der Waals surface area contributed by atoms with Crippen molar-refractivity contribution in [3.8, 4) is 0 Å². The Labute approximate surface area is 127 Å². The fourth-order valence-electron chi connectivity index (χ4n) is 1.54. The molecule has 0 fully saturated rings. The molecule has 106 valence electrons. The molecular weight excluding hydrogens is 357 g/mol. The van der Waals surface area contributed by atoms with E-state index >= 15 is 0 Å². The zero-order valence-corrected chi connectivity index (χ0v) is 12.6. The summed E-state index contributed by atoms with van der Waals surface area (Å²) in [5, 5.41) is 2.88. The number of benzene rings is 1. The van der Waals surface area contributed by atoms with E-state index in [1.807, 2.05) is 6.92 Å². The average Bonchev–Trinajstić information content (AvgIpc) is 2.35. The lowest BCUT2D eigenvalue weighted by atomic mass is 10.2. The number of nitrogens with one attached hydrogen (secondary N) is 1. The van der Waals surface area contributed by atoms with Gasteiger partial charge in [-0.2, -0.15) is 13.2 Å². The van der Waals surface area contributed by atoms with Gasteiger partial charge in [0.05, 0.1) is 16.3 Å². The van der Waals surface area contributed by atoms with Crippen LogP contribution in [0.5, 0.6) is 0 Å². The van der Waals surface area contributed by atoms with Crippen LogP contribution >= 0.6 is 27.5 Å². The Bertz CT molecular complexity index is 644. The first-order valence-corrected chi connectivity index (χ1v) is 6.70. The molecule has 0 spiro atoms. The van der Waals surface area contributed by atoms with Gasteiger partial charge >= 0.3 is 6.18 Å². The SMILES string of the molecule is Cc1cc(Nc2ccc(C(F)(F)F)cc2Cl)ncc1Br. The molecule has 2 nitrogen and oxygen atoms in total. The Kier molecular flexibility index (Phi) is 4.25. The van der Waals surface area contributed by atoms with Crippen LogP contribution < -0.4 is 5.32 Å². The fraction of sp³-hybridized carbons (Fsp3) is 0.154. The van der Waals surface area contributed by atoms with Gasteiger partial charge in [0.2, 0.25) is 0 Å². The summed E-state index contributed by atoms with van der Waals surface area (Å²) in [7, 11) is 0. The minimum Gasteiger partial charge on any atom is -0.339 e. The lowest BCUT2D eigenvalue weighted by Crippen LogP contribution is -2.05. The second-order valence-electron chi connectivity index (χ2n) is 4.14. The Morgan fingerprint density at radius 1 is 1.25 bits per heavy atom. The number of hydrogen-bond acceptors (Lipinski definition) is 2. The molecule has 0 atom stereocenters. The van der Waals surface area contributed by atoms with Crippen molar-refractivity contribution < 1.29 is 13.2 Å². The Hall–Kier alpha value is -1.27. The van der Waals surface area contributed by atoms with Crippen LogP contribution in [-0.2, 0) is 6.18 Å². The molecule has 2 aromatic rings. The maximum atomic E-state index is 12.5. The van der Waals surface area contributed by atoms with E-state index in [4.69, 9.17) is 11.6 Å². The zero-order chi connectivity index (χ0) is 14.9. The van der Waals surface area contributed by atoms with Crippen LogP contribution in [0.2, 0.25) is 5.02 Å². The van der Waals surface area contributed by atoms with E-state index in [0.29, 0.717) is 11.5 Å². The number of halogens is 5. The van der Waals surface area contributed by atoms with Crippen LogP contribution in [0, 0.1) is 6.92 Å². The predicted octanol–water partition coefficient (Wildman–Crippen LogP) is 5.57. The van der Waals surface area contributed by atoms with E-state index < -0.39 is 11.7 Å². The third-order valence-electron chi connectivity index (χ3n) is 2.61. The lowest BCUT2D eigenvalue weighted by Gasteiger charge is -2.12. The predicted molar refractivity (Wildman–Crippen MR) is 76.4 cm³/mol. The van der Waals surface area contributed by atoms with Gasteiger partial charge < -0.3 is 5.32 Å². The summed E-state index contributed by atoms with van der Waals surface area (Å²) in [4.78, 5) is 4.11. The summed E-state index contributed by atoms with van der Waals surface area (Å²) in [5.74, 6) is 0.507. The Morgan fingerprint density at radius 3 is 2.50 bits per heavy atom. The highest BCUT2D eigenvalue weighted by Crippen LogP contribution is 2.34. The number of nitrogens with zero attached hydrogens (tertiary/aromatic N) is 1. The van der Waals surface area contributed by atoms with Crippen molar-refractivity contribution in [3.63, 3.8) is 0 Å². The van der Waals surface area contributed by atoms with E-state index in [0.717, 1.165) is 22.2 Å². The first-order valence-electron chi connectivity index (χ1n) is 5.53. The monoisotopic (exact) mass is 364 g/mol. The largest absolute Gasteiger partial charge is 0.416 e. The van der Waals surface area contributed by atoms with Crippen molar-refractivity contribution in [1.82, 2.24) is 4.98 Å². The van der Waals surface area contributed by atoms with Crippen LogP contribution in [0.1, 0.15) is 11.1 Å². The smallest absolute Gasteiger partial charge is 0.339 e. The fourth-order valence-corrected chi connectivity index (χ4v) is 1.98. The van der Waals surface area contributed by atoms with Crippen molar-refractivity contribution >= 4 is 39.0 Å². The quantitative estimate of drug-likeness (QED) is 0.753. The number of aromatic nitrogens is 1. The molecule has 0 bridgehead atoms. The van der Waals surface area contributed by atoms with Crippen LogP contribution in [0.4, 0.5) is 24.7 Å². The third kappa shape index (κ3) is 3.43. The van der Waals surface area contributed by atoms with Gasteiger partial charge in [-0.25, -0.2) is 4.98 Å². The third-order valence-corrected chi connectivity index (χ3v) is 3.75. The number of aryl methyl sites for hydroxylation is 1. The van der Waals surface area contributed by atoms with E-state index in [-0.39, 0.29) is 5.02 Å². The molecule has 20 heavy (non-hydrogen) atoms. The van der Waals surface area contributed by atoms with Gasteiger partial charge in [0.25, 0.3) is 0 Å².